The van der Waals surface area contributed by atoms with E-state index in [1.165, 1.54) is 18.3 Å². The zero-order chi connectivity index (χ0) is 15.6. The first-order valence-electron chi connectivity index (χ1n) is 6.09. The normalized spacial score (nSPS) is 11.1. The number of anilines is 1. The predicted molar refractivity (Wildman–Crippen MR) is 77.9 cm³/mol. The summed E-state index contributed by atoms with van der Waals surface area (Å²) in [7, 11) is -3.89. The largest absolute Gasteiger partial charge is 0.478 e. The molecule has 0 spiro atoms. The molecule has 2 aromatic rings. The number of nitrogens with one attached hydrogen (secondary N) is 1. The molecule has 1 heterocycles. The monoisotopic (exact) mass is 306 g/mol. The topological polar surface area (TPSA) is 96.4 Å². The van der Waals surface area contributed by atoms with Gasteiger partial charge in [0.05, 0.1) is 10.5 Å². The Hall–Kier alpha value is -2.41. The third-order valence-electron chi connectivity index (χ3n) is 2.95. The number of pyridine rings is 1. The summed E-state index contributed by atoms with van der Waals surface area (Å²) in [6.07, 6.45) is 1.46. The minimum Gasteiger partial charge on any atom is -0.478 e. The highest BCUT2D eigenvalue weighted by Crippen LogP contribution is 2.22. The summed E-state index contributed by atoms with van der Waals surface area (Å²) in [4.78, 5) is 15.0. The second-order valence-electron chi connectivity index (χ2n) is 4.56. The van der Waals surface area contributed by atoms with Gasteiger partial charge in [-0.05, 0) is 43.2 Å². The quantitative estimate of drug-likeness (QED) is 0.902. The molecule has 2 rings (SSSR count). The molecule has 0 saturated carbocycles. The SMILES string of the molecule is Cc1cc(C)c(S(=O)(=O)Nc2ccccn2)cc1C(=O)O. The van der Waals surface area contributed by atoms with Crippen LogP contribution in [0.1, 0.15) is 21.5 Å². The Morgan fingerprint density at radius 3 is 2.48 bits per heavy atom. The van der Waals surface area contributed by atoms with E-state index in [1.807, 2.05) is 0 Å². The van der Waals surface area contributed by atoms with Crippen LogP contribution in [-0.4, -0.2) is 24.5 Å². The molecule has 110 valence electrons. The molecule has 0 radical (unpaired) electrons. The molecule has 0 fully saturated rings. The number of sulfonamides is 1. The lowest BCUT2D eigenvalue weighted by Gasteiger charge is -2.12. The van der Waals surface area contributed by atoms with E-state index in [9.17, 15) is 13.2 Å². The van der Waals surface area contributed by atoms with Crippen molar-refractivity contribution in [2.75, 3.05) is 4.72 Å². The smallest absolute Gasteiger partial charge is 0.335 e. The number of benzene rings is 1. The molecule has 0 atom stereocenters. The van der Waals surface area contributed by atoms with E-state index in [0.717, 1.165) is 6.07 Å². The van der Waals surface area contributed by atoms with Crippen LogP contribution in [0.15, 0.2) is 41.4 Å². The van der Waals surface area contributed by atoms with Crippen molar-refractivity contribution in [1.82, 2.24) is 4.98 Å². The van der Waals surface area contributed by atoms with Crippen LogP contribution >= 0.6 is 0 Å². The lowest BCUT2D eigenvalue weighted by Crippen LogP contribution is -2.16. The molecule has 1 aromatic heterocycles. The lowest BCUT2D eigenvalue weighted by atomic mass is 10.1. The van der Waals surface area contributed by atoms with Crippen molar-refractivity contribution in [2.45, 2.75) is 18.7 Å². The maximum absolute atomic E-state index is 12.4. The minimum atomic E-state index is -3.89. The van der Waals surface area contributed by atoms with Gasteiger partial charge in [0.2, 0.25) is 0 Å². The van der Waals surface area contributed by atoms with Crippen LogP contribution in [0.5, 0.6) is 0 Å². The average molecular weight is 306 g/mol. The molecule has 0 aliphatic rings. The number of hydrogen-bond acceptors (Lipinski definition) is 4. The summed E-state index contributed by atoms with van der Waals surface area (Å²) >= 11 is 0. The predicted octanol–water partition coefficient (Wildman–Crippen LogP) is 2.20. The van der Waals surface area contributed by atoms with Crippen LogP contribution in [0, 0.1) is 13.8 Å². The molecule has 0 bridgehead atoms. The first kappa shape index (κ1) is 15.0. The lowest BCUT2D eigenvalue weighted by molar-refractivity contribution is 0.0696. The van der Waals surface area contributed by atoms with Crippen LogP contribution in [0.25, 0.3) is 0 Å². The fourth-order valence-corrected chi connectivity index (χ4v) is 3.23. The molecule has 0 unspecified atom stereocenters. The Balaban J connectivity index is 2.50. The number of rotatable bonds is 4. The second-order valence-corrected chi connectivity index (χ2v) is 6.21. The maximum Gasteiger partial charge on any atom is 0.335 e. The van der Waals surface area contributed by atoms with Crippen molar-refractivity contribution in [2.24, 2.45) is 0 Å². The van der Waals surface area contributed by atoms with E-state index in [2.05, 4.69) is 9.71 Å². The van der Waals surface area contributed by atoms with Crippen LogP contribution in [-0.2, 0) is 10.0 Å². The number of carboxylic acid groups (broad SMARTS) is 1. The van der Waals surface area contributed by atoms with Crippen LogP contribution < -0.4 is 4.72 Å². The summed E-state index contributed by atoms with van der Waals surface area (Å²) in [6, 6.07) is 7.53. The highest BCUT2D eigenvalue weighted by molar-refractivity contribution is 7.92. The van der Waals surface area contributed by atoms with Gasteiger partial charge in [-0.1, -0.05) is 12.1 Å². The van der Waals surface area contributed by atoms with Gasteiger partial charge < -0.3 is 5.11 Å². The molecule has 0 aliphatic carbocycles. The summed E-state index contributed by atoms with van der Waals surface area (Å²) in [5.74, 6) is -0.990. The number of carboxylic acids is 1. The first-order valence-corrected chi connectivity index (χ1v) is 7.58. The van der Waals surface area contributed by atoms with Crippen molar-refractivity contribution in [1.29, 1.82) is 0 Å². The first-order chi connectivity index (χ1) is 9.81. The Kier molecular flexibility index (Phi) is 3.95. The zero-order valence-electron chi connectivity index (χ0n) is 11.5. The number of aromatic carboxylic acids is 1. The van der Waals surface area contributed by atoms with Crippen molar-refractivity contribution < 1.29 is 18.3 Å². The molecule has 0 amide bonds. The molecule has 6 nitrogen and oxygen atoms in total. The summed E-state index contributed by atoms with van der Waals surface area (Å²) in [6.45, 7) is 3.24. The Morgan fingerprint density at radius 2 is 1.90 bits per heavy atom. The highest BCUT2D eigenvalue weighted by atomic mass is 32.2. The van der Waals surface area contributed by atoms with Gasteiger partial charge in [-0.2, -0.15) is 0 Å². The number of aromatic nitrogens is 1. The zero-order valence-corrected chi connectivity index (χ0v) is 12.3. The molecule has 2 N–H and O–H groups in total. The van der Waals surface area contributed by atoms with Gasteiger partial charge in [0, 0.05) is 6.20 Å². The molecular formula is C14H14N2O4S. The van der Waals surface area contributed by atoms with Crippen LogP contribution in [0.2, 0.25) is 0 Å². The van der Waals surface area contributed by atoms with E-state index in [0.29, 0.717) is 11.1 Å². The third-order valence-corrected chi connectivity index (χ3v) is 4.44. The van der Waals surface area contributed by atoms with Crippen molar-refractivity contribution in [3.05, 3.63) is 53.2 Å². The number of aryl methyl sites for hydroxylation is 2. The van der Waals surface area contributed by atoms with Gasteiger partial charge >= 0.3 is 5.97 Å². The standard InChI is InChI=1S/C14H14N2O4S/c1-9-7-10(2)12(8-11(9)14(17)18)21(19,20)16-13-5-3-4-6-15-13/h3-8H,1-2H3,(H,15,16)(H,17,18). The Morgan fingerprint density at radius 1 is 1.19 bits per heavy atom. The van der Waals surface area contributed by atoms with E-state index < -0.39 is 16.0 Å². The molecular weight excluding hydrogens is 292 g/mol. The van der Waals surface area contributed by atoms with Gasteiger partial charge in [-0.15, -0.1) is 0 Å². The molecule has 21 heavy (non-hydrogen) atoms. The number of carbonyl (C=O) groups is 1. The molecule has 7 heteroatoms. The van der Waals surface area contributed by atoms with Gasteiger partial charge in [0.15, 0.2) is 0 Å². The minimum absolute atomic E-state index is 0.0398. The van der Waals surface area contributed by atoms with Gasteiger partial charge in [-0.25, -0.2) is 18.2 Å². The van der Waals surface area contributed by atoms with Crippen molar-refractivity contribution in [3.63, 3.8) is 0 Å². The molecule has 0 aliphatic heterocycles. The molecule has 1 aromatic carbocycles. The van der Waals surface area contributed by atoms with E-state index in [-0.39, 0.29) is 16.3 Å². The van der Waals surface area contributed by atoms with Crippen LogP contribution in [0.4, 0.5) is 5.82 Å². The maximum atomic E-state index is 12.4. The fourth-order valence-electron chi connectivity index (χ4n) is 1.97. The highest BCUT2D eigenvalue weighted by Gasteiger charge is 2.21. The average Bonchev–Trinajstić information content (AvgIpc) is 2.38. The van der Waals surface area contributed by atoms with E-state index in [4.69, 9.17) is 5.11 Å². The summed E-state index contributed by atoms with van der Waals surface area (Å²) in [5.41, 5.74) is 0.944. The number of nitrogens with zero attached hydrogens (tertiary/aromatic N) is 1. The second kappa shape index (κ2) is 5.53. The van der Waals surface area contributed by atoms with Crippen molar-refractivity contribution >= 4 is 21.8 Å². The summed E-state index contributed by atoms with van der Waals surface area (Å²) < 4.78 is 27.1. The third kappa shape index (κ3) is 3.19. The summed E-state index contributed by atoms with van der Waals surface area (Å²) in [5, 5.41) is 9.11. The van der Waals surface area contributed by atoms with Crippen molar-refractivity contribution in [3.8, 4) is 0 Å². The number of hydrogen-bond donors (Lipinski definition) is 2. The van der Waals surface area contributed by atoms with Crippen LogP contribution in [0.3, 0.4) is 0 Å². The molecule has 0 saturated heterocycles. The van der Waals surface area contributed by atoms with E-state index >= 15 is 0 Å². The Bertz CT molecular complexity index is 786. The Labute approximate surface area is 122 Å². The van der Waals surface area contributed by atoms with Gasteiger partial charge in [-0.3, -0.25) is 4.72 Å². The van der Waals surface area contributed by atoms with Gasteiger partial charge in [0.1, 0.15) is 5.82 Å². The van der Waals surface area contributed by atoms with E-state index in [1.54, 1.807) is 26.0 Å². The van der Waals surface area contributed by atoms with Gasteiger partial charge in [0.25, 0.3) is 10.0 Å². The fraction of sp³-hybridized carbons (Fsp3) is 0.143.